The molecule has 1 aliphatic heterocycles. The van der Waals surface area contributed by atoms with Crippen LogP contribution in [0.2, 0.25) is 0 Å². The number of epoxide rings is 1. The van der Waals surface area contributed by atoms with Crippen LogP contribution < -0.4 is 0 Å². The van der Waals surface area contributed by atoms with E-state index in [9.17, 15) is 0 Å². The highest BCUT2D eigenvalue weighted by atomic mass is 17.2. The summed E-state index contributed by atoms with van der Waals surface area (Å²) in [4.78, 5) is 14.7. The van der Waals surface area contributed by atoms with Crippen molar-refractivity contribution in [1.82, 2.24) is 0 Å². The molecule has 0 amide bonds. The van der Waals surface area contributed by atoms with Crippen molar-refractivity contribution in [3.63, 3.8) is 0 Å². The summed E-state index contributed by atoms with van der Waals surface area (Å²) >= 11 is 0. The van der Waals surface area contributed by atoms with Crippen molar-refractivity contribution in [2.45, 2.75) is 6.10 Å². The fourth-order valence-corrected chi connectivity index (χ4v) is 0.870. The molecule has 0 aromatic heterocycles. The van der Waals surface area contributed by atoms with E-state index in [1.54, 1.807) is 0 Å². The Balaban J connectivity index is 2.39. The van der Waals surface area contributed by atoms with Gasteiger partial charge in [-0.2, -0.15) is 0 Å². The molecular formula is C6H14NO4+. The molecule has 1 atom stereocenters. The summed E-state index contributed by atoms with van der Waals surface area (Å²) in [6.45, 7) is 1.32. The van der Waals surface area contributed by atoms with Gasteiger partial charge in [0.1, 0.15) is 27.4 Å². The summed E-state index contributed by atoms with van der Waals surface area (Å²) in [6, 6.07) is 0. The quantitative estimate of drug-likeness (QED) is 0.323. The normalized spacial score (nSPS) is 23.7. The number of nitrogens with zero attached hydrogens (tertiary/aromatic N) is 1. The Bertz CT molecular complexity index is 113. The molecule has 0 spiro atoms. The van der Waals surface area contributed by atoms with Gasteiger partial charge in [0.05, 0.1) is 11.6 Å². The second-order valence-corrected chi connectivity index (χ2v) is 2.30. The van der Waals surface area contributed by atoms with Crippen LogP contribution in [0, 0.1) is 0 Å². The Morgan fingerprint density at radius 1 is 1.27 bits per heavy atom. The lowest BCUT2D eigenvalue weighted by Gasteiger charge is -2.23. The SMILES string of the molecule is CO[N+](CC1CO1)(OC)OC. The van der Waals surface area contributed by atoms with Gasteiger partial charge < -0.3 is 4.74 Å². The van der Waals surface area contributed by atoms with Gasteiger partial charge in [0.25, 0.3) is 0 Å². The van der Waals surface area contributed by atoms with Crippen molar-refractivity contribution < 1.29 is 24.2 Å². The molecule has 5 heteroatoms. The lowest BCUT2D eigenvalue weighted by Crippen LogP contribution is -2.47. The van der Waals surface area contributed by atoms with Gasteiger partial charge in [0.2, 0.25) is 6.54 Å². The second kappa shape index (κ2) is 3.46. The number of rotatable bonds is 5. The van der Waals surface area contributed by atoms with Crippen LogP contribution in [-0.2, 0) is 19.2 Å². The molecule has 0 radical (unpaired) electrons. The van der Waals surface area contributed by atoms with Crippen molar-refractivity contribution in [2.24, 2.45) is 0 Å². The number of hydroxylamine groups is 3. The number of quaternary nitrogens is 1. The molecule has 0 aromatic carbocycles. The van der Waals surface area contributed by atoms with Crippen LogP contribution in [0.25, 0.3) is 0 Å². The van der Waals surface area contributed by atoms with Crippen LogP contribution >= 0.6 is 0 Å². The molecular weight excluding hydrogens is 150 g/mol. The maximum atomic E-state index is 5.01. The van der Waals surface area contributed by atoms with Gasteiger partial charge in [-0.05, 0) is 0 Å². The van der Waals surface area contributed by atoms with E-state index >= 15 is 0 Å². The summed E-state index contributed by atoms with van der Waals surface area (Å²) < 4.78 is 5.01. The van der Waals surface area contributed by atoms with Crippen molar-refractivity contribution in [3.05, 3.63) is 0 Å². The lowest BCUT2D eigenvalue weighted by atomic mass is 10.5. The fourth-order valence-electron chi connectivity index (χ4n) is 0.870. The molecule has 1 heterocycles. The van der Waals surface area contributed by atoms with Gasteiger partial charge in [0, 0.05) is 0 Å². The highest BCUT2D eigenvalue weighted by Crippen LogP contribution is 2.17. The van der Waals surface area contributed by atoms with E-state index in [0.29, 0.717) is 6.54 Å². The van der Waals surface area contributed by atoms with Crippen molar-refractivity contribution in [1.29, 1.82) is 0 Å². The second-order valence-electron chi connectivity index (χ2n) is 2.30. The third-order valence-corrected chi connectivity index (χ3v) is 1.66. The lowest BCUT2D eigenvalue weighted by molar-refractivity contribution is -1.36. The molecule has 1 fully saturated rings. The Morgan fingerprint density at radius 3 is 2.00 bits per heavy atom. The van der Waals surface area contributed by atoms with Crippen molar-refractivity contribution in [3.8, 4) is 0 Å². The van der Waals surface area contributed by atoms with Gasteiger partial charge in [-0.25, -0.2) is 0 Å². The summed E-state index contributed by atoms with van der Waals surface area (Å²) in [6.07, 6.45) is 0.204. The van der Waals surface area contributed by atoms with Crippen LogP contribution in [0.4, 0.5) is 0 Å². The molecule has 0 saturated carbocycles. The Labute approximate surface area is 65.8 Å². The van der Waals surface area contributed by atoms with Crippen molar-refractivity contribution in [2.75, 3.05) is 34.5 Å². The zero-order valence-electron chi connectivity index (χ0n) is 7.07. The summed E-state index contributed by atoms with van der Waals surface area (Å²) in [5, 5.41) is 0. The monoisotopic (exact) mass is 164 g/mol. The first-order valence-electron chi connectivity index (χ1n) is 3.43. The van der Waals surface area contributed by atoms with Crippen LogP contribution in [0.15, 0.2) is 0 Å². The molecule has 5 nitrogen and oxygen atoms in total. The first kappa shape index (κ1) is 8.89. The topological polar surface area (TPSA) is 40.2 Å². The number of hydrogen-bond acceptors (Lipinski definition) is 4. The van der Waals surface area contributed by atoms with E-state index in [2.05, 4.69) is 0 Å². The Kier molecular flexibility index (Phi) is 2.80. The first-order valence-corrected chi connectivity index (χ1v) is 3.43. The minimum atomic E-state index is -0.273. The maximum absolute atomic E-state index is 5.01. The van der Waals surface area contributed by atoms with Crippen LogP contribution in [0.1, 0.15) is 0 Å². The molecule has 1 unspecified atom stereocenters. The molecule has 66 valence electrons. The maximum Gasteiger partial charge on any atom is 0.206 e. The zero-order valence-corrected chi connectivity index (χ0v) is 7.07. The highest BCUT2D eigenvalue weighted by Gasteiger charge is 2.41. The van der Waals surface area contributed by atoms with E-state index in [4.69, 9.17) is 19.2 Å². The van der Waals surface area contributed by atoms with E-state index in [-0.39, 0.29) is 11.1 Å². The minimum Gasteiger partial charge on any atom is -0.367 e. The molecule has 0 bridgehead atoms. The molecule has 0 aliphatic carbocycles. The first-order chi connectivity index (χ1) is 5.26. The summed E-state index contributed by atoms with van der Waals surface area (Å²) in [5.41, 5.74) is 0. The van der Waals surface area contributed by atoms with Crippen molar-refractivity contribution >= 4 is 0 Å². The average molecular weight is 164 g/mol. The van der Waals surface area contributed by atoms with Crippen LogP contribution in [-0.4, -0.2) is 45.6 Å². The molecule has 0 N–H and O–H groups in total. The van der Waals surface area contributed by atoms with E-state index in [0.717, 1.165) is 6.61 Å². The van der Waals surface area contributed by atoms with Crippen LogP contribution in [0.5, 0.6) is 0 Å². The van der Waals surface area contributed by atoms with E-state index in [1.165, 1.54) is 21.3 Å². The average Bonchev–Trinajstić information content (AvgIpc) is 2.84. The largest absolute Gasteiger partial charge is 0.367 e. The molecule has 1 saturated heterocycles. The van der Waals surface area contributed by atoms with E-state index < -0.39 is 0 Å². The molecule has 1 rings (SSSR count). The van der Waals surface area contributed by atoms with Gasteiger partial charge >= 0.3 is 0 Å². The van der Waals surface area contributed by atoms with Gasteiger partial charge in [-0.3, -0.25) is 0 Å². The molecule has 11 heavy (non-hydrogen) atoms. The smallest absolute Gasteiger partial charge is 0.206 e. The van der Waals surface area contributed by atoms with E-state index in [1.807, 2.05) is 0 Å². The highest BCUT2D eigenvalue weighted by molar-refractivity contribution is 4.65. The molecule has 0 aromatic rings. The number of ether oxygens (including phenoxy) is 1. The minimum absolute atomic E-state index is 0.204. The third kappa shape index (κ3) is 2.11. The Hall–Kier alpha value is -0.200. The third-order valence-electron chi connectivity index (χ3n) is 1.66. The van der Waals surface area contributed by atoms with Gasteiger partial charge in [0.15, 0.2) is 0 Å². The predicted octanol–water partition coefficient (Wildman–Crippen LogP) is -0.114. The van der Waals surface area contributed by atoms with Gasteiger partial charge in [-0.1, -0.05) is 0 Å². The standard InChI is InChI=1S/C6H14NO4/c1-8-7(9-2,10-3)4-6-5-11-6/h6H,4-5H2,1-3H3/q+1. The summed E-state index contributed by atoms with van der Waals surface area (Å²) in [7, 11) is 4.57. The zero-order chi connectivity index (χ0) is 8.32. The summed E-state index contributed by atoms with van der Waals surface area (Å²) in [5.74, 6) is 0. The number of hydrogen-bond donors (Lipinski definition) is 0. The fraction of sp³-hybridized carbons (Fsp3) is 1.00. The predicted molar refractivity (Wildman–Crippen MR) is 35.9 cm³/mol. The Morgan fingerprint density at radius 2 is 1.73 bits per heavy atom. The van der Waals surface area contributed by atoms with Crippen LogP contribution in [0.3, 0.4) is 0 Å². The molecule has 1 aliphatic rings. The van der Waals surface area contributed by atoms with Gasteiger partial charge in [-0.15, -0.1) is 14.5 Å².